The lowest BCUT2D eigenvalue weighted by Crippen LogP contribution is -2.10. The predicted molar refractivity (Wildman–Crippen MR) is 109 cm³/mol. The molecule has 0 unspecified atom stereocenters. The number of hydrogen-bond donors (Lipinski definition) is 1. The summed E-state index contributed by atoms with van der Waals surface area (Å²) in [5.41, 5.74) is 2.07. The second-order valence-electron chi connectivity index (χ2n) is 7.28. The summed E-state index contributed by atoms with van der Waals surface area (Å²) in [4.78, 5) is 9.04. The van der Waals surface area contributed by atoms with E-state index in [2.05, 4.69) is 20.4 Å². The van der Waals surface area contributed by atoms with Gasteiger partial charge in [-0.1, -0.05) is 56.3 Å². The number of hydrogen-bond acceptors (Lipinski definition) is 4. The van der Waals surface area contributed by atoms with Gasteiger partial charge in [0.25, 0.3) is 0 Å². The van der Waals surface area contributed by atoms with Crippen LogP contribution in [0.5, 0.6) is 0 Å². The highest BCUT2D eigenvalue weighted by atomic mass is 19.4. The lowest BCUT2D eigenvalue weighted by molar-refractivity contribution is -0.137. The molecule has 2 aromatic carbocycles. The van der Waals surface area contributed by atoms with Gasteiger partial charge in [-0.2, -0.15) is 27.8 Å². The van der Waals surface area contributed by atoms with Crippen molar-refractivity contribution in [3.05, 3.63) is 77.5 Å². The normalized spacial score (nSPS) is 11.9. The van der Waals surface area contributed by atoms with E-state index in [9.17, 15) is 13.2 Å². The van der Waals surface area contributed by atoms with Crippen LogP contribution in [0.25, 0.3) is 17.0 Å². The first-order valence-electron chi connectivity index (χ1n) is 9.54. The summed E-state index contributed by atoms with van der Waals surface area (Å²) in [7, 11) is 0. The first-order valence-corrected chi connectivity index (χ1v) is 9.54. The van der Waals surface area contributed by atoms with Crippen molar-refractivity contribution in [2.75, 3.05) is 5.32 Å². The third-order valence-corrected chi connectivity index (χ3v) is 4.76. The van der Waals surface area contributed by atoms with E-state index in [4.69, 9.17) is 0 Å². The van der Waals surface area contributed by atoms with Gasteiger partial charge in [0.15, 0.2) is 11.5 Å². The molecular weight excluding hydrogens is 391 g/mol. The second kappa shape index (κ2) is 7.78. The average molecular weight is 411 g/mol. The summed E-state index contributed by atoms with van der Waals surface area (Å²) >= 11 is 0. The van der Waals surface area contributed by atoms with Crippen molar-refractivity contribution < 1.29 is 13.2 Å². The number of anilines is 1. The maximum atomic E-state index is 13.2. The van der Waals surface area contributed by atoms with Crippen molar-refractivity contribution in [3.63, 3.8) is 0 Å². The predicted octanol–water partition coefficient (Wildman–Crippen LogP) is 5.55. The molecule has 154 valence electrons. The van der Waals surface area contributed by atoms with Crippen molar-refractivity contribution in [1.82, 2.24) is 19.6 Å². The Bertz CT molecular complexity index is 1170. The SMILES string of the molecule is CC(C)c1cnn2c(NCc3ccccc3)nc(-c3cccc(C(F)(F)F)c3)nc12. The van der Waals surface area contributed by atoms with Crippen molar-refractivity contribution in [1.29, 1.82) is 0 Å². The summed E-state index contributed by atoms with van der Waals surface area (Å²) in [6.45, 7) is 4.52. The Morgan fingerprint density at radius 3 is 2.47 bits per heavy atom. The molecule has 0 fully saturated rings. The van der Waals surface area contributed by atoms with Crippen molar-refractivity contribution in [3.8, 4) is 11.4 Å². The highest BCUT2D eigenvalue weighted by molar-refractivity contribution is 5.63. The summed E-state index contributed by atoms with van der Waals surface area (Å²) in [6, 6.07) is 14.8. The fourth-order valence-electron chi connectivity index (χ4n) is 3.16. The maximum Gasteiger partial charge on any atom is 0.416 e. The van der Waals surface area contributed by atoms with Gasteiger partial charge in [-0.15, -0.1) is 0 Å². The Balaban J connectivity index is 1.81. The molecule has 0 atom stereocenters. The van der Waals surface area contributed by atoms with Gasteiger partial charge in [0, 0.05) is 17.7 Å². The third kappa shape index (κ3) is 3.98. The number of alkyl halides is 3. The molecule has 0 aliphatic heterocycles. The molecule has 5 nitrogen and oxygen atoms in total. The zero-order valence-electron chi connectivity index (χ0n) is 16.5. The van der Waals surface area contributed by atoms with Crippen LogP contribution in [0, 0.1) is 0 Å². The van der Waals surface area contributed by atoms with Gasteiger partial charge in [0.1, 0.15) is 0 Å². The van der Waals surface area contributed by atoms with Crippen LogP contribution >= 0.6 is 0 Å². The summed E-state index contributed by atoms with van der Waals surface area (Å²) in [5, 5.41) is 7.63. The van der Waals surface area contributed by atoms with Gasteiger partial charge in [-0.25, -0.2) is 4.98 Å². The Hall–Kier alpha value is -3.42. The van der Waals surface area contributed by atoms with Crippen molar-refractivity contribution in [2.45, 2.75) is 32.5 Å². The number of halogens is 3. The molecule has 2 heterocycles. The molecular formula is C22H20F3N5. The van der Waals surface area contributed by atoms with Gasteiger partial charge < -0.3 is 5.32 Å². The summed E-state index contributed by atoms with van der Waals surface area (Å²) < 4.78 is 41.1. The molecule has 4 aromatic rings. The average Bonchev–Trinajstić information content (AvgIpc) is 3.17. The van der Waals surface area contributed by atoms with Crippen LogP contribution in [0.1, 0.15) is 36.5 Å². The van der Waals surface area contributed by atoms with E-state index in [-0.39, 0.29) is 11.7 Å². The minimum Gasteiger partial charge on any atom is -0.350 e. The Morgan fingerprint density at radius 1 is 1.00 bits per heavy atom. The van der Waals surface area contributed by atoms with E-state index in [0.717, 1.165) is 23.3 Å². The largest absolute Gasteiger partial charge is 0.416 e. The summed E-state index contributed by atoms with van der Waals surface area (Å²) in [5.74, 6) is 0.781. The number of fused-ring (bicyclic) bond motifs is 1. The molecule has 4 rings (SSSR count). The number of rotatable bonds is 5. The number of benzene rings is 2. The smallest absolute Gasteiger partial charge is 0.350 e. The highest BCUT2D eigenvalue weighted by Gasteiger charge is 2.30. The first-order chi connectivity index (χ1) is 14.3. The molecule has 0 amide bonds. The Labute approximate surface area is 171 Å². The maximum absolute atomic E-state index is 13.2. The van der Waals surface area contributed by atoms with Crippen LogP contribution in [0.2, 0.25) is 0 Å². The fraction of sp³-hybridized carbons (Fsp3) is 0.227. The lowest BCUT2D eigenvalue weighted by Gasteiger charge is -2.12. The molecule has 0 saturated heterocycles. The van der Waals surface area contributed by atoms with Crippen molar-refractivity contribution >= 4 is 11.6 Å². The minimum atomic E-state index is -4.44. The molecule has 0 aliphatic rings. The van der Waals surface area contributed by atoms with Crippen LogP contribution in [-0.2, 0) is 12.7 Å². The zero-order chi connectivity index (χ0) is 21.3. The van der Waals surface area contributed by atoms with Crippen molar-refractivity contribution in [2.24, 2.45) is 0 Å². The van der Waals surface area contributed by atoms with Crippen LogP contribution in [0.3, 0.4) is 0 Å². The third-order valence-electron chi connectivity index (χ3n) is 4.76. The van der Waals surface area contributed by atoms with E-state index >= 15 is 0 Å². The highest BCUT2D eigenvalue weighted by Crippen LogP contribution is 2.32. The molecule has 8 heteroatoms. The fourth-order valence-corrected chi connectivity index (χ4v) is 3.16. The number of nitrogens with zero attached hydrogens (tertiary/aromatic N) is 4. The standard InChI is InChI=1S/C22H20F3N5/c1-14(2)18-13-27-30-20(18)28-19(16-9-6-10-17(11-16)22(23,24)25)29-21(30)26-12-15-7-4-3-5-8-15/h3-11,13-14H,12H2,1-2H3,(H,26,28,29). The van der Waals surface area contributed by atoms with Gasteiger partial charge in [-0.3, -0.25) is 0 Å². The first kappa shape index (κ1) is 19.9. The summed E-state index contributed by atoms with van der Waals surface area (Å²) in [6.07, 6.45) is -2.72. The van der Waals surface area contributed by atoms with Crippen LogP contribution in [0.15, 0.2) is 60.8 Å². The minimum absolute atomic E-state index is 0.147. The Kier molecular flexibility index (Phi) is 5.15. The van der Waals surface area contributed by atoms with Gasteiger partial charge in [0.2, 0.25) is 5.95 Å². The zero-order valence-corrected chi connectivity index (χ0v) is 16.5. The van der Waals surface area contributed by atoms with E-state index in [1.54, 1.807) is 16.8 Å². The van der Waals surface area contributed by atoms with Crippen LogP contribution in [0.4, 0.5) is 19.1 Å². The van der Waals surface area contributed by atoms with Crippen LogP contribution in [-0.4, -0.2) is 19.6 Å². The molecule has 30 heavy (non-hydrogen) atoms. The molecule has 1 N–H and O–H groups in total. The van der Waals surface area contributed by atoms with E-state index in [1.165, 1.54) is 6.07 Å². The molecule has 0 radical (unpaired) electrons. The number of aromatic nitrogens is 4. The molecule has 2 aromatic heterocycles. The Morgan fingerprint density at radius 2 is 1.77 bits per heavy atom. The topological polar surface area (TPSA) is 55.1 Å². The van der Waals surface area contributed by atoms with E-state index < -0.39 is 11.7 Å². The number of nitrogens with one attached hydrogen (secondary N) is 1. The van der Waals surface area contributed by atoms with E-state index in [0.29, 0.717) is 23.7 Å². The van der Waals surface area contributed by atoms with Gasteiger partial charge >= 0.3 is 6.18 Å². The molecule has 0 saturated carbocycles. The molecule has 0 bridgehead atoms. The monoisotopic (exact) mass is 411 g/mol. The second-order valence-corrected chi connectivity index (χ2v) is 7.28. The lowest BCUT2D eigenvalue weighted by atomic mass is 10.1. The van der Waals surface area contributed by atoms with Crippen LogP contribution < -0.4 is 5.32 Å². The van der Waals surface area contributed by atoms with Gasteiger partial charge in [-0.05, 0) is 23.6 Å². The molecule has 0 aliphatic carbocycles. The molecule has 0 spiro atoms. The van der Waals surface area contributed by atoms with E-state index in [1.807, 2.05) is 44.2 Å². The van der Waals surface area contributed by atoms with Gasteiger partial charge in [0.05, 0.1) is 11.8 Å². The quantitative estimate of drug-likeness (QED) is 0.468.